The second-order valence-corrected chi connectivity index (χ2v) is 12.7. The molecule has 10 heteroatoms. The van der Waals surface area contributed by atoms with Crippen LogP contribution < -0.4 is 10.6 Å². The van der Waals surface area contributed by atoms with Crippen LogP contribution in [0.1, 0.15) is 44.2 Å². The Kier molecular flexibility index (Phi) is 7.25. The van der Waals surface area contributed by atoms with Gasteiger partial charge in [0.25, 0.3) is 0 Å². The standard InChI is InChI=1S/C30H30BrClFN3O4/c1-16-4-2-3-5-21(16)34-28(38)26(17-6-9-19(32)10-7-17)36-15-30-13-12-23(40-30)24(25(30)29(36)39)27(37)35-22-11-8-18(31)14-20(22)33/h6-14,16,21,23-26H,2-5,15H2,1H3,(H,34,38)(H,35,37)/t16-,21+,23+,24-,25+,26+,30-/m1/s1. The van der Waals surface area contributed by atoms with Crippen LogP contribution in [-0.2, 0) is 19.1 Å². The molecule has 0 radical (unpaired) electrons. The number of fused-ring (bicyclic) bond motifs is 1. The zero-order chi connectivity index (χ0) is 28.2. The summed E-state index contributed by atoms with van der Waals surface area (Å²) in [6, 6.07) is 10.4. The van der Waals surface area contributed by atoms with E-state index in [1.807, 2.05) is 6.08 Å². The predicted octanol–water partition coefficient (Wildman–Crippen LogP) is 5.40. The summed E-state index contributed by atoms with van der Waals surface area (Å²) in [5, 5.41) is 6.38. The molecule has 0 unspecified atom stereocenters. The molecule has 3 heterocycles. The minimum Gasteiger partial charge on any atom is -0.360 e. The number of benzene rings is 2. The molecule has 3 amide bonds. The molecule has 210 valence electrons. The van der Waals surface area contributed by atoms with Crippen LogP contribution in [0.5, 0.6) is 0 Å². The topological polar surface area (TPSA) is 87.7 Å². The third kappa shape index (κ3) is 4.76. The maximum Gasteiger partial charge on any atom is 0.247 e. The van der Waals surface area contributed by atoms with Crippen molar-refractivity contribution in [1.82, 2.24) is 10.2 Å². The maximum atomic E-state index is 14.5. The quantitative estimate of drug-likeness (QED) is 0.419. The SMILES string of the molecule is C[C@@H]1CCCC[C@@H]1NC(=O)[C@H](c1ccc(Cl)cc1)N1C[C@@]23C=C[C@H](O2)[C@@H](C(=O)Nc2ccc(Br)cc2F)[C@H]3C1=O. The van der Waals surface area contributed by atoms with Crippen molar-refractivity contribution in [3.8, 4) is 0 Å². The predicted molar refractivity (Wildman–Crippen MR) is 152 cm³/mol. The van der Waals surface area contributed by atoms with Gasteiger partial charge < -0.3 is 20.3 Å². The number of hydrogen-bond donors (Lipinski definition) is 2. The van der Waals surface area contributed by atoms with Crippen LogP contribution in [0, 0.1) is 23.6 Å². The van der Waals surface area contributed by atoms with Crippen LogP contribution in [0.3, 0.4) is 0 Å². The molecule has 7 atom stereocenters. The molecule has 7 nitrogen and oxygen atoms in total. The number of likely N-dealkylation sites (tertiary alicyclic amines) is 1. The van der Waals surface area contributed by atoms with Crippen LogP contribution in [0.15, 0.2) is 59.1 Å². The first-order valence-electron chi connectivity index (χ1n) is 13.7. The molecule has 40 heavy (non-hydrogen) atoms. The molecule has 2 N–H and O–H groups in total. The van der Waals surface area contributed by atoms with E-state index in [1.165, 1.54) is 17.0 Å². The van der Waals surface area contributed by atoms with Gasteiger partial charge in [-0.05, 0) is 54.7 Å². The van der Waals surface area contributed by atoms with Gasteiger partial charge in [-0.1, -0.05) is 71.6 Å². The highest BCUT2D eigenvalue weighted by Gasteiger charge is 2.68. The fourth-order valence-corrected chi connectivity index (χ4v) is 7.22. The maximum absolute atomic E-state index is 14.5. The molecule has 1 saturated carbocycles. The van der Waals surface area contributed by atoms with Crippen molar-refractivity contribution in [1.29, 1.82) is 0 Å². The number of ether oxygens (including phenoxy) is 1. The van der Waals surface area contributed by atoms with E-state index in [2.05, 4.69) is 33.5 Å². The minimum absolute atomic E-state index is 0.0244. The molecule has 3 aliphatic heterocycles. The molecule has 3 fully saturated rings. The number of carbonyl (C=O) groups excluding carboxylic acids is 3. The van der Waals surface area contributed by atoms with Crippen LogP contribution in [0.2, 0.25) is 5.02 Å². The number of nitrogens with one attached hydrogen (secondary N) is 2. The van der Waals surface area contributed by atoms with Gasteiger partial charge in [0, 0.05) is 15.5 Å². The summed E-state index contributed by atoms with van der Waals surface area (Å²) in [5.74, 6) is -3.05. The van der Waals surface area contributed by atoms with Crippen molar-refractivity contribution in [2.24, 2.45) is 17.8 Å². The molecular weight excluding hydrogens is 601 g/mol. The van der Waals surface area contributed by atoms with Crippen molar-refractivity contribution in [2.75, 3.05) is 11.9 Å². The van der Waals surface area contributed by atoms with Gasteiger partial charge in [-0.2, -0.15) is 0 Å². The van der Waals surface area contributed by atoms with Gasteiger partial charge in [-0.25, -0.2) is 4.39 Å². The minimum atomic E-state index is -1.04. The van der Waals surface area contributed by atoms with Crippen LogP contribution >= 0.6 is 27.5 Å². The third-order valence-electron chi connectivity index (χ3n) is 8.81. The van der Waals surface area contributed by atoms with Crippen molar-refractivity contribution < 1.29 is 23.5 Å². The molecule has 2 saturated heterocycles. The molecule has 1 aliphatic carbocycles. The molecule has 1 spiro atoms. The van der Waals surface area contributed by atoms with E-state index in [-0.39, 0.29) is 30.1 Å². The molecule has 2 aromatic carbocycles. The molecule has 0 aromatic heterocycles. The van der Waals surface area contributed by atoms with Gasteiger partial charge in [0.05, 0.1) is 30.2 Å². The first kappa shape index (κ1) is 27.4. The number of halogens is 3. The average Bonchev–Trinajstić information content (AvgIpc) is 3.57. The normalized spacial score (nSPS) is 31.2. The Morgan fingerprint density at radius 2 is 1.93 bits per heavy atom. The lowest BCUT2D eigenvalue weighted by molar-refractivity contribution is -0.142. The van der Waals surface area contributed by atoms with E-state index in [0.717, 1.165) is 25.7 Å². The zero-order valence-electron chi connectivity index (χ0n) is 21.9. The highest BCUT2D eigenvalue weighted by atomic mass is 79.9. The van der Waals surface area contributed by atoms with E-state index in [0.29, 0.717) is 21.0 Å². The van der Waals surface area contributed by atoms with E-state index < -0.39 is 41.3 Å². The number of carbonyl (C=O) groups is 3. The van der Waals surface area contributed by atoms with Gasteiger partial charge in [-0.15, -0.1) is 0 Å². The Bertz CT molecular complexity index is 1390. The number of anilines is 1. The lowest BCUT2D eigenvalue weighted by Crippen LogP contribution is -2.49. The summed E-state index contributed by atoms with van der Waals surface area (Å²) < 4.78 is 21.3. The van der Waals surface area contributed by atoms with E-state index in [1.54, 1.807) is 36.4 Å². The first-order chi connectivity index (χ1) is 19.2. The highest BCUT2D eigenvalue weighted by molar-refractivity contribution is 9.10. The second kappa shape index (κ2) is 10.6. The van der Waals surface area contributed by atoms with Crippen molar-refractivity contribution in [2.45, 2.75) is 56.4 Å². The molecule has 4 aliphatic rings. The Balaban J connectivity index is 1.29. The molecule has 6 rings (SSSR count). The number of nitrogens with zero attached hydrogens (tertiary/aromatic N) is 1. The first-order valence-corrected chi connectivity index (χ1v) is 14.8. The lowest BCUT2D eigenvalue weighted by Gasteiger charge is -2.34. The fraction of sp³-hybridized carbons (Fsp3) is 0.433. The Hall–Kier alpha value is -2.75. The third-order valence-corrected chi connectivity index (χ3v) is 9.55. The number of rotatable bonds is 6. The second-order valence-electron chi connectivity index (χ2n) is 11.3. The molecule has 2 aromatic rings. The van der Waals surface area contributed by atoms with E-state index in [4.69, 9.17) is 16.3 Å². The number of amides is 3. The molecular formula is C30H30BrClFN3O4. The van der Waals surface area contributed by atoms with Crippen LogP contribution in [0.25, 0.3) is 0 Å². The Labute approximate surface area is 245 Å². The van der Waals surface area contributed by atoms with Gasteiger partial charge >= 0.3 is 0 Å². The van der Waals surface area contributed by atoms with Crippen molar-refractivity contribution in [3.05, 3.63) is 75.5 Å². The van der Waals surface area contributed by atoms with Crippen molar-refractivity contribution >= 4 is 50.9 Å². The van der Waals surface area contributed by atoms with Gasteiger partial charge in [-0.3, -0.25) is 14.4 Å². The summed E-state index contributed by atoms with van der Waals surface area (Å²) in [4.78, 5) is 43.0. The van der Waals surface area contributed by atoms with Crippen LogP contribution in [0.4, 0.5) is 10.1 Å². The van der Waals surface area contributed by atoms with Crippen LogP contribution in [-0.4, -0.2) is 46.9 Å². The van der Waals surface area contributed by atoms with E-state index in [9.17, 15) is 18.8 Å². The van der Waals surface area contributed by atoms with E-state index >= 15 is 0 Å². The summed E-state index contributed by atoms with van der Waals surface area (Å²) in [6.07, 6.45) is 7.14. The monoisotopic (exact) mass is 629 g/mol. The lowest BCUT2D eigenvalue weighted by atomic mass is 9.76. The molecule has 2 bridgehead atoms. The van der Waals surface area contributed by atoms with Gasteiger partial charge in [0.2, 0.25) is 17.7 Å². The smallest absolute Gasteiger partial charge is 0.247 e. The Morgan fingerprint density at radius 1 is 1.18 bits per heavy atom. The largest absolute Gasteiger partial charge is 0.360 e. The highest BCUT2D eigenvalue weighted by Crippen LogP contribution is 2.53. The summed E-state index contributed by atoms with van der Waals surface area (Å²) in [5.41, 5.74) is -0.381. The Morgan fingerprint density at radius 3 is 2.65 bits per heavy atom. The average molecular weight is 631 g/mol. The summed E-state index contributed by atoms with van der Waals surface area (Å²) >= 11 is 9.36. The number of hydrogen-bond acceptors (Lipinski definition) is 4. The van der Waals surface area contributed by atoms with Gasteiger partial charge in [0.15, 0.2) is 0 Å². The summed E-state index contributed by atoms with van der Waals surface area (Å²) in [6.45, 7) is 2.27. The zero-order valence-corrected chi connectivity index (χ0v) is 24.3. The summed E-state index contributed by atoms with van der Waals surface area (Å²) in [7, 11) is 0. The fourth-order valence-electron chi connectivity index (χ4n) is 6.76. The van der Waals surface area contributed by atoms with Crippen molar-refractivity contribution in [3.63, 3.8) is 0 Å². The van der Waals surface area contributed by atoms with Gasteiger partial charge in [0.1, 0.15) is 17.5 Å².